The van der Waals surface area contributed by atoms with E-state index in [1.807, 2.05) is 0 Å². The molecule has 0 saturated heterocycles. The van der Waals surface area contributed by atoms with Gasteiger partial charge < -0.3 is 5.32 Å². The van der Waals surface area contributed by atoms with E-state index in [1.54, 1.807) is 20.9 Å². The molecular weight excluding hydrogens is 216 g/mol. The maximum atomic E-state index is 11.6. The van der Waals surface area contributed by atoms with E-state index < -0.39 is 10.0 Å². The van der Waals surface area contributed by atoms with Crippen LogP contribution in [-0.4, -0.2) is 31.5 Å². The first kappa shape index (κ1) is 11.9. The topological polar surface area (TPSA) is 84.0 Å². The Morgan fingerprint density at radius 3 is 2.20 bits per heavy atom. The van der Waals surface area contributed by atoms with Gasteiger partial charge in [-0.05, 0) is 13.8 Å². The lowest BCUT2D eigenvalue weighted by Gasteiger charge is -2.08. The van der Waals surface area contributed by atoms with Crippen molar-refractivity contribution in [3.05, 3.63) is 12.4 Å². The minimum absolute atomic E-state index is 0.0650. The van der Waals surface area contributed by atoms with Crippen molar-refractivity contribution >= 4 is 16.0 Å². The lowest BCUT2D eigenvalue weighted by molar-refractivity contribution is 0.569. The summed E-state index contributed by atoms with van der Waals surface area (Å²) in [4.78, 5) is 7.72. The summed E-state index contributed by atoms with van der Waals surface area (Å²) in [6.07, 6.45) is 2.53. The van der Waals surface area contributed by atoms with Crippen LogP contribution in [0.2, 0.25) is 0 Å². The highest BCUT2D eigenvalue weighted by molar-refractivity contribution is 7.89. The Morgan fingerprint density at radius 2 is 1.80 bits per heavy atom. The summed E-state index contributed by atoms with van der Waals surface area (Å²) in [5, 5.41) is 2.71. The minimum Gasteiger partial charge on any atom is -0.357 e. The Labute approximate surface area is 89.2 Å². The van der Waals surface area contributed by atoms with Gasteiger partial charge in [0, 0.05) is 13.1 Å². The van der Waals surface area contributed by atoms with Gasteiger partial charge in [0.05, 0.1) is 12.4 Å². The molecule has 1 heterocycles. The Hall–Kier alpha value is -1.21. The minimum atomic E-state index is -3.49. The Balaban J connectivity index is 2.96. The SMILES string of the molecule is CNc1ncc(S(=O)(=O)NC(C)C)cn1. The molecule has 0 aliphatic carbocycles. The van der Waals surface area contributed by atoms with Crippen molar-refractivity contribution in [1.82, 2.24) is 14.7 Å². The average molecular weight is 230 g/mol. The smallest absolute Gasteiger partial charge is 0.243 e. The van der Waals surface area contributed by atoms with Gasteiger partial charge in [0.1, 0.15) is 4.90 Å². The van der Waals surface area contributed by atoms with E-state index in [9.17, 15) is 8.42 Å². The van der Waals surface area contributed by atoms with Crippen LogP contribution >= 0.6 is 0 Å². The van der Waals surface area contributed by atoms with Crippen molar-refractivity contribution in [2.24, 2.45) is 0 Å². The summed E-state index contributed by atoms with van der Waals surface area (Å²) >= 11 is 0. The van der Waals surface area contributed by atoms with E-state index in [-0.39, 0.29) is 10.9 Å². The average Bonchev–Trinajstić information content (AvgIpc) is 2.16. The molecule has 84 valence electrons. The van der Waals surface area contributed by atoms with Crippen molar-refractivity contribution in [2.75, 3.05) is 12.4 Å². The standard InChI is InChI=1S/C8H14N4O2S/c1-6(2)12-15(13,14)7-4-10-8(9-3)11-5-7/h4-6,12H,1-3H3,(H,9,10,11). The number of sulfonamides is 1. The molecule has 0 bridgehead atoms. The number of anilines is 1. The second kappa shape index (κ2) is 4.54. The van der Waals surface area contributed by atoms with E-state index >= 15 is 0 Å². The van der Waals surface area contributed by atoms with Crippen LogP contribution < -0.4 is 10.0 Å². The van der Waals surface area contributed by atoms with E-state index in [1.165, 1.54) is 12.4 Å². The molecule has 1 aromatic rings. The third-order valence-corrected chi connectivity index (χ3v) is 3.17. The van der Waals surface area contributed by atoms with Crippen LogP contribution in [0.4, 0.5) is 5.95 Å². The van der Waals surface area contributed by atoms with E-state index in [2.05, 4.69) is 20.0 Å². The largest absolute Gasteiger partial charge is 0.357 e. The molecule has 6 nitrogen and oxygen atoms in total. The van der Waals surface area contributed by atoms with Gasteiger partial charge in [-0.3, -0.25) is 0 Å². The summed E-state index contributed by atoms with van der Waals surface area (Å²) in [7, 11) is -1.82. The molecule has 1 rings (SSSR count). The van der Waals surface area contributed by atoms with Crippen LogP contribution in [0.25, 0.3) is 0 Å². The van der Waals surface area contributed by atoms with Crippen molar-refractivity contribution in [3.63, 3.8) is 0 Å². The number of hydrogen-bond acceptors (Lipinski definition) is 5. The Morgan fingerprint density at radius 1 is 1.27 bits per heavy atom. The predicted molar refractivity (Wildman–Crippen MR) is 57.0 cm³/mol. The van der Waals surface area contributed by atoms with Gasteiger partial charge in [-0.15, -0.1) is 0 Å². The van der Waals surface area contributed by atoms with Gasteiger partial charge in [0.25, 0.3) is 0 Å². The third-order valence-electron chi connectivity index (χ3n) is 1.55. The van der Waals surface area contributed by atoms with Crippen LogP contribution in [0.15, 0.2) is 17.3 Å². The molecule has 15 heavy (non-hydrogen) atoms. The fourth-order valence-corrected chi connectivity index (χ4v) is 2.10. The Kier molecular flexibility index (Phi) is 3.59. The maximum absolute atomic E-state index is 11.6. The summed E-state index contributed by atoms with van der Waals surface area (Å²) in [6.45, 7) is 3.50. The molecule has 0 atom stereocenters. The highest BCUT2D eigenvalue weighted by Crippen LogP contribution is 2.07. The molecule has 1 aromatic heterocycles. The van der Waals surface area contributed by atoms with E-state index in [0.717, 1.165) is 0 Å². The second-order valence-electron chi connectivity index (χ2n) is 3.27. The molecule has 0 aliphatic rings. The van der Waals surface area contributed by atoms with Crippen molar-refractivity contribution < 1.29 is 8.42 Å². The van der Waals surface area contributed by atoms with Crippen LogP contribution in [-0.2, 0) is 10.0 Å². The quantitative estimate of drug-likeness (QED) is 0.772. The second-order valence-corrected chi connectivity index (χ2v) is 4.98. The van der Waals surface area contributed by atoms with Gasteiger partial charge in [0.15, 0.2) is 0 Å². The van der Waals surface area contributed by atoms with E-state index in [0.29, 0.717) is 5.95 Å². The molecule has 0 aliphatic heterocycles. The van der Waals surface area contributed by atoms with Gasteiger partial charge in [0.2, 0.25) is 16.0 Å². The van der Waals surface area contributed by atoms with Crippen LogP contribution in [0, 0.1) is 0 Å². The number of aromatic nitrogens is 2. The first-order valence-electron chi connectivity index (χ1n) is 4.48. The lowest BCUT2D eigenvalue weighted by atomic mass is 10.4. The van der Waals surface area contributed by atoms with Gasteiger partial charge >= 0.3 is 0 Å². The summed E-state index contributed by atoms with van der Waals surface area (Å²) < 4.78 is 25.7. The van der Waals surface area contributed by atoms with Gasteiger partial charge in [-0.25, -0.2) is 23.1 Å². The van der Waals surface area contributed by atoms with Gasteiger partial charge in [-0.2, -0.15) is 0 Å². The van der Waals surface area contributed by atoms with Crippen molar-refractivity contribution in [2.45, 2.75) is 24.8 Å². The molecule has 0 saturated carbocycles. The Bertz CT molecular complexity index is 413. The molecule has 0 spiro atoms. The fourth-order valence-electron chi connectivity index (χ4n) is 0.962. The van der Waals surface area contributed by atoms with Crippen LogP contribution in [0.3, 0.4) is 0 Å². The third kappa shape index (κ3) is 3.14. The molecule has 0 amide bonds. The predicted octanol–water partition coefficient (Wildman–Crippen LogP) is 0.205. The summed E-state index contributed by atoms with van der Waals surface area (Å²) in [5.74, 6) is 0.387. The van der Waals surface area contributed by atoms with Gasteiger partial charge in [-0.1, -0.05) is 0 Å². The molecule has 2 N–H and O–H groups in total. The first-order valence-corrected chi connectivity index (χ1v) is 5.96. The molecule has 0 fully saturated rings. The number of rotatable bonds is 4. The normalized spacial score (nSPS) is 11.7. The zero-order valence-electron chi connectivity index (χ0n) is 8.85. The highest BCUT2D eigenvalue weighted by Gasteiger charge is 2.15. The lowest BCUT2D eigenvalue weighted by Crippen LogP contribution is -2.30. The number of hydrogen-bond donors (Lipinski definition) is 2. The zero-order valence-corrected chi connectivity index (χ0v) is 9.67. The number of nitrogens with one attached hydrogen (secondary N) is 2. The van der Waals surface area contributed by atoms with Crippen LogP contribution in [0.5, 0.6) is 0 Å². The van der Waals surface area contributed by atoms with Crippen LogP contribution in [0.1, 0.15) is 13.8 Å². The van der Waals surface area contributed by atoms with Crippen molar-refractivity contribution in [3.8, 4) is 0 Å². The first-order chi connectivity index (χ1) is 6.95. The zero-order chi connectivity index (χ0) is 11.5. The maximum Gasteiger partial charge on any atom is 0.243 e. The molecule has 7 heteroatoms. The molecular formula is C8H14N4O2S. The van der Waals surface area contributed by atoms with Crippen molar-refractivity contribution in [1.29, 1.82) is 0 Å². The van der Waals surface area contributed by atoms with E-state index in [4.69, 9.17) is 0 Å². The monoisotopic (exact) mass is 230 g/mol. The fraction of sp³-hybridized carbons (Fsp3) is 0.500. The highest BCUT2D eigenvalue weighted by atomic mass is 32.2. The summed E-state index contributed by atoms with van der Waals surface area (Å²) in [5.41, 5.74) is 0. The molecule has 0 unspecified atom stereocenters. The molecule has 0 radical (unpaired) electrons. The summed E-state index contributed by atoms with van der Waals surface area (Å²) in [6, 6.07) is -0.154. The number of nitrogens with zero attached hydrogens (tertiary/aromatic N) is 2. The molecule has 0 aromatic carbocycles.